The van der Waals surface area contributed by atoms with Crippen LogP contribution >= 0.6 is 0 Å². The third kappa shape index (κ3) is 1.29. The van der Waals surface area contributed by atoms with Crippen molar-refractivity contribution in [1.29, 1.82) is 0 Å². The molecule has 0 aliphatic heterocycles. The highest BCUT2D eigenvalue weighted by molar-refractivity contribution is 5.41. The lowest BCUT2D eigenvalue weighted by molar-refractivity contribution is -0.101. The van der Waals surface area contributed by atoms with Crippen LogP contribution in [0.1, 0.15) is 68.9 Å². The number of aliphatic hydroxyl groups is 1. The second-order valence-corrected chi connectivity index (χ2v) is 8.69. The number of hydrogen-bond donors (Lipinski definition) is 2. The Morgan fingerprint density at radius 1 is 1.05 bits per heavy atom. The fourth-order valence-electron chi connectivity index (χ4n) is 7.30. The molecule has 118 valence electrons. The van der Waals surface area contributed by atoms with Crippen molar-refractivity contribution in [2.24, 2.45) is 16.7 Å². The van der Waals surface area contributed by atoms with Gasteiger partial charge in [0.25, 0.3) is 0 Å². The summed E-state index contributed by atoms with van der Waals surface area (Å²) in [6.45, 7) is 2.40. The fourth-order valence-corrected chi connectivity index (χ4v) is 7.30. The van der Waals surface area contributed by atoms with Gasteiger partial charge in [0.1, 0.15) is 5.75 Å². The largest absolute Gasteiger partial charge is 0.508 e. The van der Waals surface area contributed by atoms with Gasteiger partial charge >= 0.3 is 0 Å². The highest BCUT2D eigenvalue weighted by Gasteiger charge is 2.73. The molecule has 4 aliphatic rings. The Labute approximate surface area is 132 Å². The maximum absolute atomic E-state index is 11.2. The Morgan fingerprint density at radius 2 is 1.82 bits per heavy atom. The van der Waals surface area contributed by atoms with Crippen LogP contribution < -0.4 is 0 Å². The Hall–Kier alpha value is -1.02. The van der Waals surface area contributed by atoms with Crippen LogP contribution in [-0.4, -0.2) is 15.8 Å². The standard InChI is InChI=1S/C20H26O2/c1-18-7-6-16-15-4-3-14(21)12-13(15)2-5-17(16)19(18)8-10-20(18,22)11-9-19/h3-4,12,16-17,21-22H,2,5-11H2,1H3/t16-,17-,18+,19?,20?/m1/s1. The van der Waals surface area contributed by atoms with E-state index in [9.17, 15) is 10.2 Å². The van der Waals surface area contributed by atoms with Gasteiger partial charge in [-0.05, 0) is 91.9 Å². The van der Waals surface area contributed by atoms with Gasteiger partial charge < -0.3 is 10.2 Å². The first-order valence-electron chi connectivity index (χ1n) is 9.03. The Kier molecular flexibility index (Phi) is 2.38. The number of phenols is 1. The summed E-state index contributed by atoms with van der Waals surface area (Å²) in [6, 6.07) is 6.03. The molecule has 0 unspecified atom stereocenters. The lowest BCUT2D eigenvalue weighted by Gasteiger charge is -2.56. The van der Waals surface area contributed by atoms with E-state index in [0.717, 1.165) is 25.2 Å². The van der Waals surface area contributed by atoms with Crippen LogP contribution in [0, 0.1) is 16.7 Å². The summed E-state index contributed by atoms with van der Waals surface area (Å²) in [5.74, 6) is 1.80. The van der Waals surface area contributed by atoms with Gasteiger partial charge in [-0.3, -0.25) is 0 Å². The highest BCUT2D eigenvalue weighted by Crippen LogP contribution is 2.77. The molecule has 3 fully saturated rings. The van der Waals surface area contributed by atoms with Crippen molar-refractivity contribution in [1.82, 2.24) is 0 Å². The zero-order chi connectivity index (χ0) is 15.2. The topological polar surface area (TPSA) is 40.5 Å². The van der Waals surface area contributed by atoms with Crippen LogP contribution in [-0.2, 0) is 6.42 Å². The van der Waals surface area contributed by atoms with Crippen molar-refractivity contribution < 1.29 is 10.2 Å². The maximum Gasteiger partial charge on any atom is 0.115 e. The first kappa shape index (κ1) is 13.4. The molecule has 0 amide bonds. The molecule has 0 aromatic heterocycles. The maximum atomic E-state index is 11.2. The van der Waals surface area contributed by atoms with E-state index in [1.54, 1.807) is 0 Å². The number of benzene rings is 1. The third-order valence-corrected chi connectivity index (χ3v) is 8.50. The molecule has 0 heterocycles. The summed E-state index contributed by atoms with van der Waals surface area (Å²) in [7, 11) is 0. The Balaban J connectivity index is 1.62. The van der Waals surface area contributed by atoms with Gasteiger partial charge in [-0.2, -0.15) is 0 Å². The first-order chi connectivity index (χ1) is 10.5. The van der Waals surface area contributed by atoms with Crippen molar-refractivity contribution in [3.05, 3.63) is 29.3 Å². The first-order valence-corrected chi connectivity index (χ1v) is 9.03. The molecule has 4 aliphatic carbocycles. The molecule has 3 atom stereocenters. The quantitative estimate of drug-likeness (QED) is 0.755. The second kappa shape index (κ2) is 3.90. The molecule has 0 spiro atoms. The zero-order valence-corrected chi connectivity index (χ0v) is 13.4. The van der Waals surface area contributed by atoms with Gasteiger partial charge in [-0.25, -0.2) is 0 Å². The molecule has 1 aromatic rings. The number of aromatic hydroxyl groups is 1. The second-order valence-electron chi connectivity index (χ2n) is 8.69. The molecule has 3 saturated carbocycles. The summed E-state index contributed by atoms with van der Waals surface area (Å²) >= 11 is 0. The van der Waals surface area contributed by atoms with E-state index in [2.05, 4.69) is 13.0 Å². The average molecular weight is 298 g/mol. The minimum atomic E-state index is -0.382. The van der Waals surface area contributed by atoms with Gasteiger partial charge in [-0.15, -0.1) is 0 Å². The van der Waals surface area contributed by atoms with E-state index in [4.69, 9.17) is 0 Å². The zero-order valence-electron chi connectivity index (χ0n) is 13.4. The van der Waals surface area contributed by atoms with Crippen molar-refractivity contribution in [2.75, 3.05) is 0 Å². The average Bonchev–Trinajstić information content (AvgIpc) is 2.88. The molecular weight excluding hydrogens is 272 g/mol. The van der Waals surface area contributed by atoms with Crippen LogP contribution in [0.3, 0.4) is 0 Å². The van der Waals surface area contributed by atoms with Crippen LogP contribution in [0.25, 0.3) is 0 Å². The summed E-state index contributed by atoms with van der Waals surface area (Å²) in [4.78, 5) is 0. The molecule has 2 nitrogen and oxygen atoms in total. The minimum absolute atomic E-state index is 0.148. The summed E-state index contributed by atoms with van der Waals surface area (Å²) in [5, 5.41) is 21.0. The van der Waals surface area contributed by atoms with Crippen molar-refractivity contribution in [3.8, 4) is 5.75 Å². The van der Waals surface area contributed by atoms with Gasteiger partial charge in [0, 0.05) is 5.41 Å². The van der Waals surface area contributed by atoms with E-state index in [1.807, 2.05) is 12.1 Å². The smallest absolute Gasteiger partial charge is 0.115 e. The lowest BCUT2D eigenvalue weighted by Crippen LogP contribution is -2.51. The molecule has 0 saturated heterocycles. The van der Waals surface area contributed by atoms with E-state index < -0.39 is 0 Å². The van der Waals surface area contributed by atoms with E-state index in [1.165, 1.54) is 43.2 Å². The summed E-state index contributed by atoms with van der Waals surface area (Å²) in [5.41, 5.74) is 3.00. The third-order valence-electron chi connectivity index (χ3n) is 8.50. The highest BCUT2D eigenvalue weighted by atomic mass is 16.3. The number of phenolic OH excluding ortho intramolecular Hbond substituents is 1. The molecule has 0 radical (unpaired) electrons. The van der Waals surface area contributed by atoms with Crippen LogP contribution in [0.5, 0.6) is 5.75 Å². The summed E-state index contributed by atoms with van der Waals surface area (Å²) in [6.07, 6.45) is 9.23. The molecule has 5 rings (SSSR count). The van der Waals surface area contributed by atoms with E-state index in [-0.39, 0.29) is 11.0 Å². The van der Waals surface area contributed by atoms with E-state index in [0.29, 0.717) is 17.1 Å². The number of rotatable bonds is 0. The van der Waals surface area contributed by atoms with Gasteiger partial charge in [0.2, 0.25) is 0 Å². The molecule has 22 heavy (non-hydrogen) atoms. The van der Waals surface area contributed by atoms with Crippen molar-refractivity contribution in [2.45, 2.75) is 69.8 Å². The van der Waals surface area contributed by atoms with Gasteiger partial charge in [0.15, 0.2) is 0 Å². The van der Waals surface area contributed by atoms with Crippen molar-refractivity contribution in [3.63, 3.8) is 0 Å². The lowest BCUT2D eigenvalue weighted by atomic mass is 9.48. The number of aryl methyl sites for hydroxylation is 1. The fraction of sp³-hybridized carbons (Fsp3) is 0.700. The molecular formula is C20H26O2. The number of hydrogen-bond acceptors (Lipinski definition) is 2. The SMILES string of the molecule is C[C@]12CC[C@@H]3c4ccc(O)cc4CC[C@H]3C13CCC2(O)CC3. The minimum Gasteiger partial charge on any atom is -0.508 e. The number of fused-ring (bicyclic) bond motifs is 3. The monoisotopic (exact) mass is 298 g/mol. The van der Waals surface area contributed by atoms with Gasteiger partial charge in [0.05, 0.1) is 5.60 Å². The van der Waals surface area contributed by atoms with Crippen LogP contribution in [0.4, 0.5) is 0 Å². The predicted octanol–water partition coefficient (Wildman–Crippen LogP) is 4.14. The Morgan fingerprint density at radius 3 is 2.59 bits per heavy atom. The summed E-state index contributed by atoms with van der Waals surface area (Å²) < 4.78 is 0. The normalized spacial score (nSPS) is 48.6. The van der Waals surface area contributed by atoms with E-state index >= 15 is 0 Å². The molecule has 2 N–H and O–H groups in total. The molecule has 2 bridgehead atoms. The molecule has 1 aromatic carbocycles. The van der Waals surface area contributed by atoms with Crippen LogP contribution in [0.15, 0.2) is 18.2 Å². The molecule has 2 heteroatoms. The Bertz CT molecular complexity index is 641. The predicted molar refractivity (Wildman–Crippen MR) is 85.9 cm³/mol. The van der Waals surface area contributed by atoms with Crippen LogP contribution in [0.2, 0.25) is 0 Å². The van der Waals surface area contributed by atoms with Crippen molar-refractivity contribution >= 4 is 0 Å². The van der Waals surface area contributed by atoms with Gasteiger partial charge in [-0.1, -0.05) is 13.0 Å².